The summed E-state index contributed by atoms with van der Waals surface area (Å²) in [6.45, 7) is 3.20. The van der Waals surface area contributed by atoms with Crippen LogP contribution in [0.3, 0.4) is 0 Å². The fourth-order valence-corrected chi connectivity index (χ4v) is 2.64. The van der Waals surface area contributed by atoms with Crippen molar-refractivity contribution in [1.82, 2.24) is 5.32 Å². The van der Waals surface area contributed by atoms with Gasteiger partial charge in [-0.2, -0.15) is 0 Å². The molecule has 2 rings (SSSR count). The summed E-state index contributed by atoms with van der Waals surface area (Å²) in [7, 11) is 0. The quantitative estimate of drug-likeness (QED) is 0.829. The van der Waals surface area contributed by atoms with Crippen LogP contribution in [0.2, 0.25) is 0 Å². The first-order valence-electron chi connectivity index (χ1n) is 7.29. The minimum Gasteiger partial charge on any atom is -0.491 e. The predicted molar refractivity (Wildman–Crippen MR) is 77.4 cm³/mol. The normalized spacial score (nSPS) is 19.9. The van der Waals surface area contributed by atoms with Crippen LogP contribution in [0.25, 0.3) is 0 Å². The van der Waals surface area contributed by atoms with E-state index in [9.17, 15) is 5.11 Å². The Labute approximate surface area is 116 Å². The van der Waals surface area contributed by atoms with E-state index in [1.807, 2.05) is 30.3 Å². The molecule has 106 valence electrons. The molecule has 2 N–H and O–H groups in total. The van der Waals surface area contributed by atoms with Gasteiger partial charge in [-0.1, -0.05) is 37.5 Å². The van der Waals surface area contributed by atoms with Crippen molar-refractivity contribution in [3.8, 4) is 5.75 Å². The average molecular weight is 263 g/mol. The molecular weight excluding hydrogens is 238 g/mol. The van der Waals surface area contributed by atoms with Crippen LogP contribution < -0.4 is 10.1 Å². The average Bonchev–Trinajstić information content (AvgIpc) is 2.45. The molecule has 0 radical (unpaired) electrons. The Morgan fingerprint density at radius 2 is 1.89 bits per heavy atom. The van der Waals surface area contributed by atoms with E-state index in [-0.39, 0.29) is 5.54 Å². The maximum Gasteiger partial charge on any atom is 0.119 e. The van der Waals surface area contributed by atoms with Crippen molar-refractivity contribution in [2.45, 2.75) is 50.7 Å². The highest BCUT2D eigenvalue weighted by Gasteiger charge is 2.26. The fraction of sp³-hybridized carbons (Fsp3) is 0.625. The van der Waals surface area contributed by atoms with Gasteiger partial charge in [0.15, 0.2) is 0 Å². The number of benzene rings is 1. The largest absolute Gasteiger partial charge is 0.491 e. The van der Waals surface area contributed by atoms with Crippen molar-refractivity contribution in [3.63, 3.8) is 0 Å². The van der Waals surface area contributed by atoms with Crippen LogP contribution in [0, 0.1) is 0 Å². The topological polar surface area (TPSA) is 41.5 Å². The molecule has 1 aliphatic carbocycles. The Balaban J connectivity index is 1.68. The van der Waals surface area contributed by atoms with Crippen molar-refractivity contribution in [2.75, 3.05) is 13.2 Å². The molecule has 0 aromatic heterocycles. The zero-order chi connectivity index (χ0) is 13.6. The number of rotatable bonds is 6. The Bertz CT molecular complexity index is 360. The summed E-state index contributed by atoms with van der Waals surface area (Å²) >= 11 is 0. The minimum absolute atomic E-state index is 0.200. The Hall–Kier alpha value is -1.06. The summed E-state index contributed by atoms with van der Waals surface area (Å²) in [4.78, 5) is 0. The Morgan fingerprint density at radius 1 is 1.21 bits per heavy atom. The molecule has 19 heavy (non-hydrogen) atoms. The number of hydrogen-bond acceptors (Lipinski definition) is 3. The number of nitrogens with one attached hydrogen (secondary N) is 1. The van der Waals surface area contributed by atoms with Crippen LogP contribution in [-0.2, 0) is 0 Å². The first kappa shape index (κ1) is 14.4. The standard InChI is InChI=1S/C16H25NO2/c1-16(10-6-3-7-11-16)17-12-14(18)13-19-15-8-4-2-5-9-15/h2,4-5,8-9,14,17-18H,3,6-7,10-13H2,1H3. The van der Waals surface area contributed by atoms with Gasteiger partial charge >= 0.3 is 0 Å². The molecule has 1 saturated carbocycles. The van der Waals surface area contributed by atoms with Gasteiger partial charge in [0.2, 0.25) is 0 Å². The Kier molecular flexibility index (Phi) is 5.23. The smallest absolute Gasteiger partial charge is 0.119 e. The third-order valence-electron chi connectivity index (χ3n) is 3.91. The lowest BCUT2D eigenvalue weighted by Crippen LogP contribution is -2.48. The van der Waals surface area contributed by atoms with Gasteiger partial charge in [0, 0.05) is 12.1 Å². The van der Waals surface area contributed by atoms with Gasteiger partial charge in [-0.05, 0) is 31.9 Å². The molecule has 1 aromatic rings. The van der Waals surface area contributed by atoms with E-state index in [1.54, 1.807) is 0 Å². The molecule has 0 saturated heterocycles. The zero-order valence-electron chi connectivity index (χ0n) is 11.8. The maximum absolute atomic E-state index is 9.97. The first-order valence-corrected chi connectivity index (χ1v) is 7.29. The summed E-state index contributed by atoms with van der Waals surface area (Å²) in [6, 6.07) is 9.63. The van der Waals surface area contributed by atoms with Crippen LogP contribution >= 0.6 is 0 Å². The van der Waals surface area contributed by atoms with Crippen LogP contribution in [-0.4, -0.2) is 29.9 Å². The highest BCUT2D eigenvalue weighted by atomic mass is 16.5. The van der Waals surface area contributed by atoms with E-state index in [0.29, 0.717) is 13.2 Å². The summed E-state index contributed by atoms with van der Waals surface area (Å²) < 4.78 is 5.55. The van der Waals surface area contributed by atoms with E-state index < -0.39 is 6.10 Å². The molecule has 1 unspecified atom stereocenters. The molecule has 0 aliphatic heterocycles. The van der Waals surface area contributed by atoms with E-state index >= 15 is 0 Å². The second-order valence-electron chi connectivity index (χ2n) is 5.78. The molecule has 0 heterocycles. The van der Waals surface area contributed by atoms with Crippen molar-refractivity contribution >= 4 is 0 Å². The van der Waals surface area contributed by atoms with Gasteiger partial charge in [-0.15, -0.1) is 0 Å². The number of β-amino-alcohol motifs (C(OH)–C–C–N with tert-alkyl or cyclic N) is 1. The van der Waals surface area contributed by atoms with Crippen LogP contribution in [0.15, 0.2) is 30.3 Å². The number of para-hydroxylation sites is 1. The van der Waals surface area contributed by atoms with Gasteiger partial charge in [-0.3, -0.25) is 0 Å². The lowest BCUT2D eigenvalue weighted by atomic mass is 9.83. The number of aliphatic hydroxyl groups is 1. The van der Waals surface area contributed by atoms with Gasteiger partial charge in [0.25, 0.3) is 0 Å². The van der Waals surface area contributed by atoms with Gasteiger partial charge in [0.1, 0.15) is 18.5 Å². The summed E-state index contributed by atoms with van der Waals surface area (Å²) in [5, 5.41) is 13.5. The summed E-state index contributed by atoms with van der Waals surface area (Å²) in [5.74, 6) is 0.811. The van der Waals surface area contributed by atoms with Gasteiger partial charge in [0.05, 0.1) is 0 Å². The van der Waals surface area contributed by atoms with Gasteiger partial charge in [-0.25, -0.2) is 0 Å². The number of hydrogen-bond donors (Lipinski definition) is 2. The molecule has 1 fully saturated rings. The predicted octanol–water partition coefficient (Wildman–Crippen LogP) is 2.74. The third-order valence-corrected chi connectivity index (χ3v) is 3.91. The van der Waals surface area contributed by atoms with E-state index in [0.717, 1.165) is 5.75 Å². The van der Waals surface area contributed by atoms with E-state index in [4.69, 9.17) is 4.74 Å². The molecular formula is C16H25NO2. The summed E-state index contributed by atoms with van der Waals surface area (Å²) in [6.07, 6.45) is 5.88. The van der Waals surface area contributed by atoms with Crippen LogP contribution in [0.4, 0.5) is 0 Å². The molecule has 0 spiro atoms. The highest BCUT2D eigenvalue weighted by Crippen LogP contribution is 2.27. The second-order valence-corrected chi connectivity index (χ2v) is 5.78. The van der Waals surface area contributed by atoms with Gasteiger partial charge < -0.3 is 15.2 Å². The second kappa shape index (κ2) is 6.92. The first-order chi connectivity index (χ1) is 9.18. The number of aliphatic hydroxyl groups excluding tert-OH is 1. The van der Waals surface area contributed by atoms with Crippen LogP contribution in [0.5, 0.6) is 5.75 Å². The summed E-state index contributed by atoms with van der Waals surface area (Å²) in [5.41, 5.74) is 0.200. The van der Waals surface area contributed by atoms with Crippen molar-refractivity contribution in [3.05, 3.63) is 30.3 Å². The van der Waals surface area contributed by atoms with Crippen molar-refractivity contribution in [1.29, 1.82) is 0 Å². The molecule has 3 heteroatoms. The van der Waals surface area contributed by atoms with Crippen LogP contribution in [0.1, 0.15) is 39.0 Å². The SMILES string of the molecule is CC1(NCC(O)COc2ccccc2)CCCCC1. The molecule has 1 atom stereocenters. The minimum atomic E-state index is -0.459. The molecule has 0 bridgehead atoms. The maximum atomic E-state index is 9.97. The molecule has 1 aliphatic rings. The fourth-order valence-electron chi connectivity index (χ4n) is 2.64. The van der Waals surface area contributed by atoms with E-state index in [2.05, 4.69) is 12.2 Å². The molecule has 0 amide bonds. The molecule has 1 aromatic carbocycles. The highest BCUT2D eigenvalue weighted by molar-refractivity contribution is 5.20. The zero-order valence-corrected chi connectivity index (χ0v) is 11.8. The lowest BCUT2D eigenvalue weighted by Gasteiger charge is -2.35. The lowest BCUT2D eigenvalue weighted by molar-refractivity contribution is 0.0930. The number of ether oxygens (including phenoxy) is 1. The van der Waals surface area contributed by atoms with E-state index in [1.165, 1.54) is 32.1 Å². The third kappa shape index (κ3) is 4.84. The monoisotopic (exact) mass is 263 g/mol. The van der Waals surface area contributed by atoms with Crippen molar-refractivity contribution < 1.29 is 9.84 Å². The Morgan fingerprint density at radius 3 is 2.58 bits per heavy atom. The van der Waals surface area contributed by atoms with Crippen molar-refractivity contribution in [2.24, 2.45) is 0 Å². The molecule has 3 nitrogen and oxygen atoms in total.